The molecule has 18 heteroatoms. The Labute approximate surface area is 295 Å². The molecule has 1 aromatic carbocycles. The fraction of sp³-hybridized carbons (Fsp3) is 0.606. The van der Waals surface area contributed by atoms with E-state index in [1.54, 1.807) is 39.0 Å². The summed E-state index contributed by atoms with van der Waals surface area (Å²) in [5.41, 5.74) is 5.55. The molecule has 284 valence electrons. The predicted octanol–water partition coefficient (Wildman–Crippen LogP) is 1.13. The molecule has 0 aromatic heterocycles. The van der Waals surface area contributed by atoms with Crippen molar-refractivity contribution in [3.63, 3.8) is 0 Å². The number of hydrogen-bond acceptors (Lipinski definition) is 14. The van der Waals surface area contributed by atoms with Crippen molar-refractivity contribution in [2.24, 2.45) is 5.73 Å². The molecule has 1 heterocycles. The van der Waals surface area contributed by atoms with Gasteiger partial charge < -0.3 is 55.2 Å². The van der Waals surface area contributed by atoms with E-state index in [0.29, 0.717) is 16.8 Å². The number of urea groups is 1. The molecule has 0 bridgehead atoms. The van der Waals surface area contributed by atoms with Gasteiger partial charge in [-0.2, -0.15) is 0 Å². The van der Waals surface area contributed by atoms with Gasteiger partial charge in [-0.15, -0.1) is 0 Å². The van der Waals surface area contributed by atoms with Crippen molar-refractivity contribution in [2.45, 2.75) is 116 Å². The molecule has 0 unspecified atom stereocenters. The zero-order valence-corrected chi connectivity index (χ0v) is 29.8. The number of rotatable bonds is 15. The van der Waals surface area contributed by atoms with Crippen LogP contribution in [0.1, 0.15) is 71.9 Å². The number of carbonyl (C=O) groups excluding carboxylic acids is 7. The zero-order valence-electron chi connectivity index (χ0n) is 29.8. The van der Waals surface area contributed by atoms with Gasteiger partial charge in [0.2, 0.25) is 5.91 Å². The van der Waals surface area contributed by atoms with E-state index in [-0.39, 0.29) is 32.2 Å². The van der Waals surface area contributed by atoms with Gasteiger partial charge in [-0.1, -0.05) is 6.07 Å². The number of alkyl carbamates (subject to hydrolysis) is 1. The fourth-order valence-electron chi connectivity index (χ4n) is 5.29. The molecule has 6 atom stereocenters. The topological polar surface area (TPSA) is 257 Å². The molecule has 6 N–H and O–H groups in total. The van der Waals surface area contributed by atoms with Gasteiger partial charge in [-0.05, 0) is 69.7 Å². The predicted molar refractivity (Wildman–Crippen MR) is 177 cm³/mol. The first-order valence-electron chi connectivity index (χ1n) is 16.2. The van der Waals surface area contributed by atoms with E-state index >= 15 is 0 Å². The summed E-state index contributed by atoms with van der Waals surface area (Å²) in [6.45, 7) is 8.04. The van der Waals surface area contributed by atoms with Crippen molar-refractivity contribution >= 4 is 47.6 Å². The van der Waals surface area contributed by atoms with Crippen molar-refractivity contribution in [3.05, 3.63) is 29.3 Å². The monoisotopic (exact) mass is 724 g/mol. The van der Waals surface area contributed by atoms with Crippen LogP contribution >= 0.6 is 0 Å². The van der Waals surface area contributed by atoms with Crippen molar-refractivity contribution in [2.75, 3.05) is 19.0 Å². The van der Waals surface area contributed by atoms with Crippen LogP contribution < -0.4 is 21.7 Å². The summed E-state index contributed by atoms with van der Waals surface area (Å²) in [7, 11) is 1.09. The van der Waals surface area contributed by atoms with E-state index in [0.717, 1.165) is 27.9 Å². The summed E-state index contributed by atoms with van der Waals surface area (Å²) >= 11 is 0. The zero-order chi connectivity index (χ0) is 38.5. The van der Waals surface area contributed by atoms with E-state index in [4.69, 9.17) is 34.2 Å². The number of amides is 4. The van der Waals surface area contributed by atoms with E-state index in [9.17, 15) is 38.7 Å². The molecule has 1 aliphatic heterocycles. The highest BCUT2D eigenvalue weighted by Crippen LogP contribution is 2.32. The van der Waals surface area contributed by atoms with E-state index in [1.165, 1.54) is 0 Å². The summed E-state index contributed by atoms with van der Waals surface area (Å²) in [6, 6.07) is 2.87. The number of hydrogen-bond donors (Lipinski definition) is 5. The van der Waals surface area contributed by atoms with Crippen LogP contribution in [0.3, 0.4) is 0 Å². The van der Waals surface area contributed by atoms with E-state index < -0.39 is 90.7 Å². The van der Waals surface area contributed by atoms with Crippen LogP contribution in [0.2, 0.25) is 0 Å². The second-order valence-electron chi connectivity index (χ2n) is 12.6. The van der Waals surface area contributed by atoms with Crippen LogP contribution in [-0.4, -0.2) is 103 Å². The highest BCUT2D eigenvalue weighted by Gasteiger charge is 2.54. The second kappa shape index (κ2) is 19.4. The van der Waals surface area contributed by atoms with Gasteiger partial charge in [0.1, 0.15) is 11.6 Å². The van der Waals surface area contributed by atoms with Gasteiger partial charge in [-0.25, -0.2) is 14.4 Å². The van der Waals surface area contributed by atoms with Crippen LogP contribution in [-0.2, 0) is 65.4 Å². The Morgan fingerprint density at radius 1 is 0.922 bits per heavy atom. The third-order valence-electron chi connectivity index (χ3n) is 7.29. The summed E-state index contributed by atoms with van der Waals surface area (Å²) in [5.74, 6) is -3.95. The van der Waals surface area contributed by atoms with Gasteiger partial charge in [-0.3, -0.25) is 19.2 Å². The lowest BCUT2D eigenvalue weighted by Gasteiger charge is -2.43. The first-order chi connectivity index (χ1) is 23.8. The molecule has 0 aliphatic carbocycles. The molecule has 18 nitrogen and oxygen atoms in total. The van der Waals surface area contributed by atoms with Gasteiger partial charge >= 0.3 is 36.0 Å². The van der Waals surface area contributed by atoms with Crippen LogP contribution in [0.5, 0.6) is 0 Å². The lowest BCUT2D eigenvalue weighted by Crippen LogP contribution is -2.63. The molecule has 0 spiro atoms. The quantitative estimate of drug-likeness (QED) is 0.0966. The number of aliphatic hydroxyl groups excluding tert-OH is 1. The van der Waals surface area contributed by atoms with Gasteiger partial charge in [0.15, 0.2) is 24.4 Å². The van der Waals surface area contributed by atoms with Crippen molar-refractivity contribution in [1.29, 1.82) is 0 Å². The standard InChI is InChI=1S/C33H48N4O14/c1-17(39)47-25-24(50-28(30(43)46-7)27(49-19(3)41)26(25)48-18(2)40)13-11-20-15-22(12-10-21(20)16-38)36-29(42)23(9-8-14-35-31(34)44)37-32(45)51-33(4,5)6/h10,12,15,23-28,38H,8-9,11,13-14,16H2,1-7H3,(H,36,42)(H,37,45)(H3,34,35,44)/t23-,24-,25-,26+,27-,28-/m0/s1. The number of anilines is 1. The number of nitrogens with two attached hydrogens (primary N) is 1. The summed E-state index contributed by atoms with van der Waals surface area (Å²) in [6.07, 6.45) is -7.28. The average Bonchev–Trinajstić information content (AvgIpc) is 3.01. The number of methoxy groups -OCH3 is 1. The Bertz CT molecular complexity index is 1430. The smallest absolute Gasteiger partial charge is 0.408 e. The Balaban J connectivity index is 2.38. The first-order valence-corrected chi connectivity index (χ1v) is 16.2. The average molecular weight is 725 g/mol. The molecule has 1 aromatic rings. The van der Waals surface area contributed by atoms with E-state index in [2.05, 4.69) is 16.0 Å². The fourth-order valence-corrected chi connectivity index (χ4v) is 5.29. The molecule has 51 heavy (non-hydrogen) atoms. The number of carbonyl (C=O) groups is 7. The lowest BCUT2D eigenvalue weighted by atomic mass is 9.90. The van der Waals surface area contributed by atoms with Crippen LogP contribution in [0.15, 0.2) is 18.2 Å². The highest BCUT2D eigenvalue weighted by molar-refractivity contribution is 5.96. The van der Waals surface area contributed by atoms with Gasteiger partial charge in [0.05, 0.1) is 19.8 Å². The Morgan fingerprint density at radius 3 is 2.08 bits per heavy atom. The Hall–Kier alpha value is -4.97. The summed E-state index contributed by atoms with van der Waals surface area (Å²) < 4.78 is 32.3. The molecule has 1 aliphatic rings. The minimum atomic E-state index is -1.56. The number of benzene rings is 1. The third kappa shape index (κ3) is 14.1. The molecule has 4 amide bonds. The van der Waals surface area contributed by atoms with Crippen molar-refractivity contribution < 1.29 is 67.1 Å². The Morgan fingerprint density at radius 2 is 1.53 bits per heavy atom. The third-order valence-corrected chi connectivity index (χ3v) is 7.29. The van der Waals surface area contributed by atoms with Crippen molar-refractivity contribution in [1.82, 2.24) is 10.6 Å². The molecular weight excluding hydrogens is 676 g/mol. The highest BCUT2D eigenvalue weighted by atomic mass is 16.7. The normalized spacial score (nSPS) is 20.5. The van der Waals surface area contributed by atoms with Crippen molar-refractivity contribution in [3.8, 4) is 0 Å². The molecule has 0 saturated carbocycles. The maximum Gasteiger partial charge on any atom is 0.408 e. The number of primary amides is 1. The minimum absolute atomic E-state index is 0.0100. The second-order valence-corrected chi connectivity index (χ2v) is 12.6. The van der Waals surface area contributed by atoms with E-state index in [1.807, 2.05) is 0 Å². The molecular formula is C33H48N4O14. The van der Waals surface area contributed by atoms with Gasteiger partial charge in [0, 0.05) is 33.0 Å². The SMILES string of the molecule is COC(=O)[C@H]1O[C@@H](CCc2cc(NC(=O)[C@H](CCCNC(N)=O)NC(=O)OC(C)(C)C)ccc2CO)[C@H](OC(C)=O)[C@@H](OC(C)=O)[C@@H]1OC(C)=O. The first kappa shape index (κ1) is 42.2. The lowest BCUT2D eigenvalue weighted by molar-refractivity contribution is -0.249. The maximum atomic E-state index is 13.4. The summed E-state index contributed by atoms with van der Waals surface area (Å²) in [4.78, 5) is 86.0. The van der Waals surface area contributed by atoms with Crippen LogP contribution in [0.25, 0.3) is 0 Å². The van der Waals surface area contributed by atoms with Gasteiger partial charge in [0.25, 0.3) is 0 Å². The van der Waals surface area contributed by atoms with Crippen LogP contribution in [0.4, 0.5) is 15.3 Å². The minimum Gasteiger partial charge on any atom is -0.467 e. The summed E-state index contributed by atoms with van der Waals surface area (Å²) in [5, 5.41) is 17.8. The molecule has 0 radical (unpaired) electrons. The molecule has 2 rings (SSSR count). The largest absolute Gasteiger partial charge is 0.467 e. The number of aliphatic hydroxyl groups is 1. The molecule has 1 saturated heterocycles. The van der Waals surface area contributed by atoms with Crippen LogP contribution in [0, 0.1) is 0 Å². The molecule has 1 fully saturated rings. The number of esters is 4. The maximum absolute atomic E-state index is 13.4. The number of ether oxygens (including phenoxy) is 6. The number of aryl methyl sites for hydroxylation is 1. The Kier molecular flexibility index (Phi) is 16.1. The number of nitrogens with one attached hydrogen (secondary N) is 3.